The number of aromatic nitrogens is 1. The van der Waals surface area contributed by atoms with Crippen LogP contribution >= 0.6 is 0 Å². The second kappa shape index (κ2) is 6.23. The van der Waals surface area contributed by atoms with Gasteiger partial charge in [-0.2, -0.15) is 0 Å². The van der Waals surface area contributed by atoms with Crippen molar-refractivity contribution in [3.8, 4) is 0 Å². The molecular weight excluding hydrogens is 230 g/mol. The Morgan fingerprint density at radius 3 is 2.78 bits per heavy atom. The fourth-order valence-corrected chi connectivity index (χ4v) is 1.77. The zero-order chi connectivity index (χ0) is 13.7. The van der Waals surface area contributed by atoms with E-state index in [1.54, 1.807) is 19.2 Å². The Balaban J connectivity index is 3.06. The van der Waals surface area contributed by atoms with Gasteiger partial charge in [-0.15, -0.1) is 0 Å². The number of carbonyl (C=O) groups is 1. The molecule has 1 aromatic heterocycles. The molecule has 0 fully saturated rings. The molecule has 0 bridgehead atoms. The minimum atomic E-state index is -0.386. The number of anilines is 2. The molecule has 1 heterocycles. The first-order chi connectivity index (χ1) is 8.45. The highest BCUT2D eigenvalue weighted by Gasteiger charge is 2.18. The summed E-state index contributed by atoms with van der Waals surface area (Å²) in [6.45, 7) is 7.13. The molecule has 1 aromatic rings. The maximum atomic E-state index is 11.9. The van der Waals surface area contributed by atoms with Gasteiger partial charge in [-0.1, -0.05) is 13.8 Å². The smallest absolute Gasteiger partial charge is 0.341 e. The minimum absolute atomic E-state index is 0.334. The van der Waals surface area contributed by atoms with Crippen LogP contribution in [-0.2, 0) is 4.74 Å². The normalized spacial score (nSPS) is 10.5. The van der Waals surface area contributed by atoms with Crippen LogP contribution in [0.2, 0.25) is 0 Å². The lowest BCUT2D eigenvalue weighted by Crippen LogP contribution is -2.26. The number of ether oxygens (including phenoxy) is 1. The van der Waals surface area contributed by atoms with Crippen molar-refractivity contribution < 1.29 is 9.53 Å². The van der Waals surface area contributed by atoms with E-state index >= 15 is 0 Å². The van der Waals surface area contributed by atoms with Crippen LogP contribution in [0, 0.1) is 5.92 Å². The summed E-state index contributed by atoms with van der Waals surface area (Å²) in [6.07, 6.45) is 1.55. The molecule has 100 valence electrons. The van der Waals surface area contributed by atoms with Crippen LogP contribution in [0.25, 0.3) is 0 Å². The summed E-state index contributed by atoms with van der Waals surface area (Å²) >= 11 is 0. The number of hydrogen-bond acceptors (Lipinski definition) is 5. The zero-order valence-electron chi connectivity index (χ0n) is 11.4. The van der Waals surface area contributed by atoms with Crippen LogP contribution in [0.4, 0.5) is 11.5 Å². The average molecular weight is 251 g/mol. The largest absolute Gasteiger partial charge is 0.462 e. The van der Waals surface area contributed by atoms with Gasteiger partial charge in [-0.25, -0.2) is 9.78 Å². The summed E-state index contributed by atoms with van der Waals surface area (Å²) in [5, 5.41) is 0. The third-order valence-corrected chi connectivity index (χ3v) is 2.38. The number of nitrogen functional groups attached to an aromatic ring is 1. The molecule has 0 saturated carbocycles. The highest BCUT2D eigenvalue weighted by atomic mass is 16.5. The number of esters is 1. The van der Waals surface area contributed by atoms with Crippen molar-refractivity contribution in [3.63, 3.8) is 0 Å². The van der Waals surface area contributed by atoms with E-state index in [0.717, 1.165) is 6.54 Å². The molecule has 0 radical (unpaired) electrons. The Bertz CT molecular complexity index is 419. The molecule has 5 nitrogen and oxygen atoms in total. The van der Waals surface area contributed by atoms with Crippen molar-refractivity contribution in [2.24, 2.45) is 5.92 Å². The van der Waals surface area contributed by atoms with Crippen molar-refractivity contribution >= 4 is 17.5 Å². The quantitative estimate of drug-likeness (QED) is 0.810. The molecule has 0 aliphatic heterocycles. The molecule has 1 rings (SSSR count). The van der Waals surface area contributed by atoms with E-state index in [1.165, 1.54) is 0 Å². The number of nitrogens with zero attached hydrogens (tertiary/aromatic N) is 2. The Morgan fingerprint density at radius 1 is 1.56 bits per heavy atom. The van der Waals surface area contributed by atoms with Crippen molar-refractivity contribution in [3.05, 3.63) is 17.8 Å². The van der Waals surface area contributed by atoms with Crippen LogP contribution < -0.4 is 10.6 Å². The lowest BCUT2D eigenvalue weighted by Gasteiger charge is -2.22. The van der Waals surface area contributed by atoms with Gasteiger partial charge in [0.25, 0.3) is 0 Å². The molecule has 0 aliphatic carbocycles. The fraction of sp³-hybridized carbons (Fsp3) is 0.538. The monoisotopic (exact) mass is 251 g/mol. The van der Waals surface area contributed by atoms with Crippen LogP contribution in [0.1, 0.15) is 31.1 Å². The Hall–Kier alpha value is -1.78. The van der Waals surface area contributed by atoms with Crippen LogP contribution in [-0.4, -0.2) is 31.2 Å². The van der Waals surface area contributed by atoms with Gasteiger partial charge in [0.2, 0.25) is 0 Å². The molecule has 18 heavy (non-hydrogen) atoms. The molecule has 5 heteroatoms. The van der Waals surface area contributed by atoms with Gasteiger partial charge in [-0.05, 0) is 18.9 Å². The second-order valence-electron chi connectivity index (χ2n) is 4.63. The highest BCUT2D eigenvalue weighted by Crippen LogP contribution is 2.20. The Morgan fingerprint density at radius 2 is 2.22 bits per heavy atom. The second-order valence-corrected chi connectivity index (χ2v) is 4.63. The molecule has 0 spiro atoms. The standard InChI is InChI=1S/C13H21N3O2/c1-5-18-13(17)11-6-10(14)7-15-12(11)16(4)8-9(2)3/h6-7,9H,5,8,14H2,1-4H3. The highest BCUT2D eigenvalue weighted by molar-refractivity contribution is 5.95. The minimum Gasteiger partial charge on any atom is -0.462 e. The summed E-state index contributed by atoms with van der Waals surface area (Å²) in [5.74, 6) is 0.698. The van der Waals surface area contributed by atoms with E-state index in [0.29, 0.717) is 29.6 Å². The fourth-order valence-electron chi connectivity index (χ4n) is 1.77. The van der Waals surface area contributed by atoms with E-state index in [2.05, 4.69) is 18.8 Å². The van der Waals surface area contributed by atoms with Gasteiger partial charge < -0.3 is 15.4 Å². The topological polar surface area (TPSA) is 68.5 Å². The SMILES string of the molecule is CCOC(=O)c1cc(N)cnc1N(C)CC(C)C. The van der Waals surface area contributed by atoms with Crippen LogP contribution in [0.15, 0.2) is 12.3 Å². The summed E-state index contributed by atoms with van der Waals surface area (Å²) in [6, 6.07) is 1.61. The maximum Gasteiger partial charge on any atom is 0.341 e. The summed E-state index contributed by atoms with van der Waals surface area (Å²) in [4.78, 5) is 18.0. The first-order valence-electron chi connectivity index (χ1n) is 6.09. The maximum absolute atomic E-state index is 11.9. The molecule has 0 aliphatic rings. The van der Waals surface area contributed by atoms with E-state index in [-0.39, 0.29) is 5.97 Å². The van der Waals surface area contributed by atoms with Gasteiger partial charge in [0.05, 0.1) is 18.5 Å². The Kier molecular flexibility index (Phi) is 4.95. The third kappa shape index (κ3) is 3.61. The van der Waals surface area contributed by atoms with Gasteiger partial charge >= 0.3 is 5.97 Å². The number of carbonyl (C=O) groups excluding carboxylic acids is 1. The number of pyridine rings is 1. The predicted octanol–water partition coefficient (Wildman–Crippen LogP) is 1.93. The van der Waals surface area contributed by atoms with Gasteiger partial charge in [0, 0.05) is 13.6 Å². The molecule has 2 N–H and O–H groups in total. The number of hydrogen-bond donors (Lipinski definition) is 1. The Labute approximate surface area is 108 Å². The summed E-state index contributed by atoms with van der Waals surface area (Å²) in [7, 11) is 1.90. The first-order valence-corrected chi connectivity index (χ1v) is 6.09. The zero-order valence-corrected chi connectivity index (χ0v) is 11.4. The van der Waals surface area contributed by atoms with E-state index < -0.39 is 0 Å². The molecular formula is C13H21N3O2. The van der Waals surface area contributed by atoms with Gasteiger partial charge in [0.1, 0.15) is 11.4 Å². The van der Waals surface area contributed by atoms with Crippen molar-refractivity contribution in [2.75, 3.05) is 30.8 Å². The molecule has 0 aromatic carbocycles. The van der Waals surface area contributed by atoms with Gasteiger partial charge in [0.15, 0.2) is 0 Å². The third-order valence-electron chi connectivity index (χ3n) is 2.38. The van der Waals surface area contributed by atoms with Crippen molar-refractivity contribution in [1.29, 1.82) is 0 Å². The summed E-state index contributed by atoms with van der Waals surface area (Å²) in [5.41, 5.74) is 6.55. The van der Waals surface area contributed by atoms with Crippen molar-refractivity contribution in [1.82, 2.24) is 4.98 Å². The summed E-state index contributed by atoms with van der Waals surface area (Å²) < 4.78 is 5.02. The molecule has 0 saturated heterocycles. The lowest BCUT2D eigenvalue weighted by atomic mass is 10.2. The van der Waals surface area contributed by atoms with Crippen LogP contribution in [0.3, 0.4) is 0 Å². The van der Waals surface area contributed by atoms with Gasteiger partial charge in [-0.3, -0.25) is 0 Å². The molecule has 0 amide bonds. The molecule has 0 atom stereocenters. The van der Waals surface area contributed by atoms with E-state index in [4.69, 9.17) is 10.5 Å². The van der Waals surface area contributed by atoms with E-state index in [9.17, 15) is 4.79 Å². The first kappa shape index (κ1) is 14.3. The number of rotatable bonds is 5. The predicted molar refractivity (Wildman–Crippen MR) is 72.7 cm³/mol. The van der Waals surface area contributed by atoms with Crippen molar-refractivity contribution in [2.45, 2.75) is 20.8 Å². The average Bonchev–Trinajstić information content (AvgIpc) is 2.28. The number of nitrogens with two attached hydrogens (primary N) is 1. The van der Waals surface area contributed by atoms with Crippen LogP contribution in [0.5, 0.6) is 0 Å². The van der Waals surface area contributed by atoms with E-state index in [1.807, 2.05) is 11.9 Å². The lowest BCUT2D eigenvalue weighted by molar-refractivity contribution is 0.0526. The molecule has 0 unspecified atom stereocenters.